The Labute approximate surface area is 151 Å². The molecule has 1 atom stereocenters. The second kappa shape index (κ2) is 6.84. The second-order valence-electron chi connectivity index (χ2n) is 7.27. The van der Waals surface area contributed by atoms with Gasteiger partial charge in [-0.3, -0.25) is 4.99 Å². The van der Waals surface area contributed by atoms with Crippen molar-refractivity contribution in [1.82, 2.24) is 0 Å². The van der Waals surface area contributed by atoms with Gasteiger partial charge < -0.3 is 0 Å². The van der Waals surface area contributed by atoms with Crippen molar-refractivity contribution < 1.29 is 0 Å². The molecule has 0 aromatic heterocycles. The first-order chi connectivity index (χ1) is 11.9. The van der Waals surface area contributed by atoms with Crippen molar-refractivity contribution in [3.8, 4) is 0 Å². The maximum absolute atomic E-state index is 4.85. The highest BCUT2D eigenvalue weighted by atomic mass is 14.7. The Hall–Kier alpha value is -2.41. The summed E-state index contributed by atoms with van der Waals surface area (Å²) >= 11 is 0. The van der Waals surface area contributed by atoms with Gasteiger partial charge in [0, 0.05) is 17.7 Å². The number of aliphatic imine (C=N–C) groups is 1. The van der Waals surface area contributed by atoms with Crippen LogP contribution in [0.4, 0.5) is 5.69 Å². The van der Waals surface area contributed by atoms with Crippen molar-refractivity contribution in [3.63, 3.8) is 0 Å². The Morgan fingerprint density at radius 1 is 0.920 bits per heavy atom. The number of hydrogen-bond donors (Lipinski definition) is 0. The van der Waals surface area contributed by atoms with Crippen LogP contribution in [0.5, 0.6) is 0 Å². The van der Waals surface area contributed by atoms with Gasteiger partial charge in [0.2, 0.25) is 0 Å². The van der Waals surface area contributed by atoms with Crippen LogP contribution in [0.15, 0.2) is 58.6 Å². The normalized spacial score (nSPS) is 17.5. The molecule has 0 saturated carbocycles. The van der Waals surface area contributed by atoms with Crippen LogP contribution in [0.1, 0.15) is 48.6 Å². The van der Waals surface area contributed by atoms with Gasteiger partial charge >= 0.3 is 0 Å². The predicted octanol–water partition coefficient (Wildman–Crippen LogP) is 6.73. The van der Waals surface area contributed by atoms with E-state index in [1.54, 1.807) is 0 Å². The molecule has 2 aromatic rings. The summed E-state index contributed by atoms with van der Waals surface area (Å²) in [5.74, 6) is 0.456. The van der Waals surface area contributed by atoms with E-state index in [2.05, 4.69) is 84.0 Å². The fourth-order valence-electron chi connectivity index (χ4n) is 3.95. The number of nitrogens with zero attached hydrogens (tertiary/aromatic N) is 1. The van der Waals surface area contributed by atoms with E-state index >= 15 is 0 Å². The Morgan fingerprint density at radius 3 is 2.16 bits per heavy atom. The fraction of sp³-hybridized carbons (Fsp3) is 0.292. The molecular weight excluding hydrogens is 302 g/mol. The van der Waals surface area contributed by atoms with Crippen molar-refractivity contribution >= 4 is 17.5 Å². The lowest BCUT2D eigenvalue weighted by Crippen LogP contribution is -1.98. The molecule has 2 aromatic carbocycles. The summed E-state index contributed by atoms with van der Waals surface area (Å²) in [5.41, 5.74) is 11.5. The average molecular weight is 329 g/mol. The summed E-state index contributed by atoms with van der Waals surface area (Å²) in [6.07, 6.45) is 4.38. The molecule has 1 unspecified atom stereocenters. The monoisotopic (exact) mass is 329 g/mol. The van der Waals surface area contributed by atoms with Crippen LogP contribution in [0, 0.1) is 26.7 Å². The molecule has 0 fully saturated rings. The van der Waals surface area contributed by atoms with Crippen LogP contribution in [-0.2, 0) is 0 Å². The van der Waals surface area contributed by atoms with Crippen molar-refractivity contribution in [2.75, 3.05) is 0 Å². The minimum absolute atomic E-state index is 0.456. The van der Waals surface area contributed by atoms with E-state index in [1.165, 1.54) is 44.5 Å². The van der Waals surface area contributed by atoms with Gasteiger partial charge in [-0.2, -0.15) is 0 Å². The van der Waals surface area contributed by atoms with Gasteiger partial charge in [-0.1, -0.05) is 60.5 Å². The molecule has 128 valence electrons. The Bertz CT molecular complexity index is 886. The number of aryl methyl sites for hydroxylation is 3. The predicted molar refractivity (Wildman–Crippen MR) is 110 cm³/mol. The zero-order valence-electron chi connectivity index (χ0n) is 16.1. The lowest BCUT2D eigenvalue weighted by Gasteiger charge is -2.14. The Kier molecular flexibility index (Phi) is 4.76. The summed E-state index contributed by atoms with van der Waals surface area (Å²) in [7, 11) is 0. The zero-order valence-corrected chi connectivity index (χ0v) is 16.1. The molecular formula is C24H27N. The third kappa shape index (κ3) is 3.37. The molecule has 1 nitrogen and oxygen atoms in total. The zero-order chi connectivity index (χ0) is 18.1. The van der Waals surface area contributed by atoms with E-state index in [1.807, 2.05) is 6.21 Å². The largest absolute Gasteiger partial charge is 0.256 e. The highest BCUT2D eigenvalue weighted by molar-refractivity contribution is 5.92. The topological polar surface area (TPSA) is 12.4 Å². The lowest BCUT2D eigenvalue weighted by atomic mass is 9.91. The van der Waals surface area contributed by atoms with Crippen LogP contribution in [0.25, 0.3) is 5.57 Å². The first kappa shape index (κ1) is 17.4. The molecule has 0 heterocycles. The Balaban J connectivity index is 2.04. The number of rotatable bonds is 3. The summed E-state index contributed by atoms with van der Waals surface area (Å²) < 4.78 is 0. The summed E-state index contributed by atoms with van der Waals surface area (Å²) in [5, 5.41) is 0. The van der Waals surface area contributed by atoms with Crippen molar-refractivity contribution in [1.29, 1.82) is 0 Å². The molecule has 1 aliphatic carbocycles. The second-order valence-corrected chi connectivity index (χ2v) is 7.27. The molecule has 25 heavy (non-hydrogen) atoms. The van der Waals surface area contributed by atoms with Crippen LogP contribution in [-0.4, -0.2) is 6.21 Å². The van der Waals surface area contributed by atoms with E-state index in [0.29, 0.717) is 5.92 Å². The summed E-state index contributed by atoms with van der Waals surface area (Å²) in [6.45, 7) is 13.1. The smallest absolute Gasteiger partial charge is 0.0688 e. The molecule has 0 aliphatic heterocycles. The van der Waals surface area contributed by atoms with Gasteiger partial charge in [-0.25, -0.2) is 0 Å². The standard InChI is InChI=1S/C24H27N/c1-15-11-18(4)24(19(5)12-15)25-14-21-9-7-8-10-22(21)23-17(3)13-16(2)20(23)6/h7-14,17H,1-6H3. The minimum Gasteiger partial charge on any atom is -0.256 e. The molecule has 3 rings (SSSR count). The molecule has 1 heteroatoms. The minimum atomic E-state index is 0.456. The molecule has 0 radical (unpaired) electrons. The van der Waals surface area contributed by atoms with Crippen molar-refractivity contribution in [2.24, 2.45) is 10.9 Å². The van der Waals surface area contributed by atoms with Crippen LogP contribution in [0.2, 0.25) is 0 Å². The van der Waals surface area contributed by atoms with Gasteiger partial charge in [0.25, 0.3) is 0 Å². The number of benzene rings is 2. The van der Waals surface area contributed by atoms with Gasteiger partial charge in [0.05, 0.1) is 5.69 Å². The van der Waals surface area contributed by atoms with E-state index in [4.69, 9.17) is 4.99 Å². The van der Waals surface area contributed by atoms with Gasteiger partial charge in [0.1, 0.15) is 0 Å². The highest BCUT2D eigenvalue weighted by Crippen LogP contribution is 2.38. The van der Waals surface area contributed by atoms with Crippen molar-refractivity contribution in [3.05, 3.63) is 81.4 Å². The highest BCUT2D eigenvalue weighted by Gasteiger charge is 2.21. The van der Waals surface area contributed by atoms with E-state index < -0.39 is 0 Å². The molecule has 0 amide bonds. The van der Waals surface area contributed by atoms with E-state index in [-0.39, 0.29) is 0 Å². The molecule has 0 spiro atoms. The van der Waals surface area contributed by atoms with Crippen LogP contribution < -0.4 is 0 Å². The third-order valence-corrected chi connectivity index (χ3v) is 5.17. The van der Waals surface area contributed by atoms with Crippen molar-refractivity contribution in [2.45, 2.75) is 41.5 Å². The lowest BCUT2D eigenvalue weighted by molar-refractivity contribution is 0.975. The maximum atomic E-state index is 4.85. The van der Waals surface area contributed by atoms with Gasteiger partial charge in [0.15, 0.2) is 0 Å². The average Bonchev–Trinajstić information content (AvgIpc) is 2.79. The summed E-state index contributed by atoms with van der Waals surface area (Å²) in [4.78, 5) is 4.85. The quantitative estimate of drug-likeness (QED) is 0.553. The molecule has 0 N–H and O–H groups in total. The first-order valence-electron chi connectivity index (χ1n) is 8.99. The third-order valence-electron chi connectivity index (χ3n) is 5.17. The SMILES string of the molecule is CC1=CC(C)C(c2ccccc2C=Nc2c(C)cc(C)cc2C)=C1C. The Morgan fingerprint density at radius 2 is 1.56 bits per heavy atom. The van der Waals surface area contributed by atoms with Gasteiger partial charge in [-0.05, 0) is 62.5 Å². The van der Waals surface area contributed by atoms with Crippen LogP contribution in [0.3, 0.4) is 0 Å². The molecule has 0 bridgehead atoms. The van der Waals surface area contributed by atoms with Crippen LogP contribution >= 0.6 is 0 Å². The summed E-state index contributed by atoms with van der Waals surface area (Å²) in [6, 6.07) is 13.0. The fourth-order valence-corrected chi connectivity index (χ4v) is 3.95. The van der Waals surface area contributed by atoms with Gasteiger partial charge in [-0.15, -0.1) is 0 Å². The van der Waals surface area contributed by atoms with E-state index in [9.17, 15) is 0 Å². The number of allylic oxidation sites excluding steroid dienone is 4. The van der Waals surface area contributed by atoms with E-state index in [0.717, 1.165) is 5.69 Å². The maximum Gasteiger partial charge on any atom is 0.0688 e. The molecule has 0 saturated heterocycles. The number of hydrogen-bond acceptors (Lipinski definition) is 1. The first-order valence-corrected chi connectivity index (χ1v) is 8.99. The molecule has 1 aliphatic rings.